The molecule has 1 N–H and O–H groups in total. The van der Waals surface area contributed by atoms with E-state index in [-0.39, 0.29) is 29.2 Å². The van der Waals surface area contributed by atoms with E-state index < -0.39 is 46.3 Å². The van der Waals surface area contributed by atoms with Crippen LogP contribution in [0.25, 0.3) is 5.70 Å². The molecule has 5 rings (SSSR count). The van der Waals surface area contributed by atoms with Gasteiger partial charge in [-0.3, -0.25) is 14.6 Å². The fraction of sp³-hybridized carbons (Fsp3) is 0.194. The molecule has 0 spiro atoms. The van der Waals surface area contributed by atoms with E-state index in [0.29, 0.717) is 30.7 Å². The van der Waals surface area contributed by atoms with E-state index in [1.54, 1.807) is 26.0 Å². The Labute approximate surface area is 263 Å². The van der Waals surface area contributed by atoms with Crippen LogP contribution in [0.4, 0.5) is 32.0 Å². The minimum Gasteiger partial charge on any atom is -0.325 e. The van der Waals surface area contributed by atoms with Crippen molar-refractivity contribution in [1.29, 1.82) is 0 Å². The molecule has 4 aromatic carbocycles. The normalized spacial score (nSPS) is 12.8. The number of para-hydroxylation sites is 1. The lowest BCUT2D eigenvalue weighted by atomic mass is 9.99. The number of aliphatic imine (C=N–C) groups is 1. The number of nitrogens with zero attached hydrogens (tertiary/aromatic N) is 1. The zero-order chi connectivity index (χ0) is 33.8. The topological polar surface area (TPSA) is 58.5 Å². The number of halogens is 6. The van der Waals surface area contributed by atoms with Crippen LogP contribution in [0.15, 0.2) is 95.5 Å². The van der Waals surface area contributed by atoms with Gasteiger partial charge in [0, 0.05) is 12.8 Å². The number of nitrogens with one attached hydrogen (secondary N) is 1. The van der Waals surface area contributed by atoms with Crippen LogP contribution in [-0.2, 0) is 4.79 Å². The van der Waals surface area contributed by atoms with Crippen molar-refractivity contribution in [2.75, 3.05) is 0 Å². The van der Waals surface area contributed by atoms with Gasteiger partial charge in [-0.2, -0.15) is 0 Å². The molecule has 1 aliphatic rings. The summed E-state index contributed by atoms with van der Waals surface area (Å²) >= 11 is 0. The van der Waals surface area contributed by atoms with Gasteiger partial charge in [0.15, 0.2) is 5.78 Å². The van der Waals surface area contributed by atoms with E-state index in [0.717, 1.165) is 17.7 Å². The quantitative estimate of drug-likeness (QED) is 0.130. The van der Waals surface area contributed by atoms with Crippen molar-refractivity contribution in [2.45, 2.75) is 46.5 Å². The maximum absolute atomic E-state index is 13.7. The van der Waals surface area contributed by atoms with Crippen LogP contribution in [0.5, 0.6) is 0 Å². The Kier molecular flexibility index (Phi) is 13.0. The maximum Gasteiger partial charge on any atom is 0.224 e. The predicted molar refractivity (Wildman–Crippen MR) is 167 cm³/mol. The molecular formula is C36H32F6N2O2. The first kappa shape index (κ1) is 35.5. The highest BCUT2D eigenvalue weighted by Gasteiger charge is 2.21. The lowest BCUT2D eigenvalue weighted by Gasteiger charge is -2.19. The standard InChI is InChI=1S/C15H13F2N.C12H11F2NO.C9H8F2O/c1-2-14(18-11-7-4-3-5-8-11)15-12(16)9-6-10-13(15)17;1-7-5-6-10(16)15-12(7)11-8(13)3-2-4-9(11)14;1-2-8(12)9-6(10)4-3-5-7(9)11/h3-10H,2H2,1H3;2-4H,5-6H2,1H3,(H,15,16);3-5H,2H2,1H3. The Hall–Kier alpha value is -4.99. The molecule has 0 fully saturated rings. The molecule has 0 atom stereocenters. The van der Waals surface area contributed by atoms with Crippen molar-refractivity contribution >= 4 is 28.8 Å². The summed E-state index contributed by atoms with van der Waals surface area (Å²) in [5.41, 5.74) is 1.56. The summed E-state index contributed by atoms with van der Waals surface area (Å²) in [6.45, 7) is 5.16. The highest BCUT2D eigenvalue weighted by Crippen LogP contribution is 2.27. The number of benzene rings is 4. The van der Waals surface area contributed by atoms with Gasteiger partial charge in [0.2, 0.25) is 5.91 Å². The smallest absolute Gasteiger partial charge is 0.224 e. The monoisotopic (exact) mass is 638 g/mol. The lowest BCUT2D eigenvalue weighted by Crippen LogP contribution is -2.27. The SMILES string of the molecule is CC1=C(c2c(F)cccc2F)NC(=O)CC1.CCC(=Nc1ccccc1)c1c(F)cccc1F.CCC(=O)c1c(F)cccc1F. The fourth-order valence-corrected chi connectivity index (χ4v) is 4.43. The molecule has 0 unspecified atom stereocenters. The van der Waals surface area contributed by atoms with E-state index in [2.05, 4.69) is 10.3 Å². The van der Waals surface area contributed by atoms with Crippen molar-refractivity contribution < 1.29 is 35.9 Å². The van der Waals surface area contributed by atoms with Gasteiger partial charge in [0.1, 0.15) is 34.9 Å². The molecule has 46 heavy (non-hydrogen) atoms. The molecule has 0 radical (unpaired) electrons. The largest absolute Gasteiger partial charge is 0.325 e. The minimum absolute atomic E-state index is 0.0381. The first-order valence-corrected chi connectivity index (χ1v) is 14.5. The zero-order valence-corrected chi connectivity index (χ0v) is 25.4. The fourth-order valence-electron chi connectivity index (χ4n) is 4.43. The van der Waals surface area contributed by atoms with Gasteiger partial charge < -0.3 is 5.32 Å². The van der Waals surface area contributed by atoms with Crippen LogP contribution >= 0.6 is 0 Å². The predicted octanol–water partition coefficient (Wildman–Crippen LogP) is 9.66. The number of carbonyl (C=O) groups is 2. The third kappa shape index (κ3) is 9.26. The van der Waals surface area contributed by atoms with E-state index >= 15 is 0 Å². The second kappa shape index (κ2) is 16.9. The van der Waals surface area contributed by atoms with Crippen LogP contribution in [0.1, 0.15) is 67.9 Å². The molecule has 0 saturated carbocycles. The Morgan fingerprint density at radius 2 is 1.13 bits per heavy atom. The van der Waals surface area contributed by atoms with Crippen molar-refractivity contribution in [3.8, 4) is 0 Å². The number of amides is 1. The second-order valence-electron chi connectivity index (χ2n) is 10.0. The van der Waals surface area contributed by atoms with Gasteiger partial charge in [0.25, 0.3) is 0 Å². The molecule has 10 heteroatoms. The molecule has 0 aliphatic carbocycles. The Balaban J connectivity index is 0.000000192. The number of allylic oxidation sites excluding steroid dienone is 1. The third-order valence-corrected chi connectivity index (χ3v) is 6.80. The Bertz CT molecular complexity index is 1690. The van der Waals surface area contributed by atoms with Crippen molar-refractivity contribution in [2.24, 2.45) is 4.99 Å². The van der Waals surface area contributed by atoms with Crippen molar-refractivity contribution in [3.05, 3.63) is 142 Å². The van der Waals surface area contributed by atoms with Crippen LogP contribution in [0.2, 0.25) is 0 Å². The summed E-state index contributed by atoms with van der Waals surface area (Å²) in [5, 5.41) is 2.52. The highest BCUT2D eigenvalue weighted by atomic mass is 19.2. The molecule has 1 amide bonds. The third-order valence-electron chi connectivity index (χ3n) is 6.80. The summed E-state index contributed by atoms with van der Waals surface area (Å²) in [7, 11) is 0. The zero-order valence-electron chi connectivity index (χ0n) is 25.4. The van der Waals surface area contributed by atoms with Crippen LogP contribution < -0.4 is 5.32 Å². The molecule has 1 aliphatic heterocycles. The van der Waals surface area contributed by atoms with Crippen LogP contribution in [0.3, 0.4) is 0 Å². The second-order valence-corrected chi connectivity index (χ2v) is 10.0. The van der Waals surface area contributed by atoms with Crippen molar-refractivity contribution in [3.63, 3.8) is 0 Å². The molecule has 0 saturated heterocycles. The van der Waals surface area contributed by atoms with Gasteiger partial charge in [-0.15, -0.1) is 0 Å². The maximum atomic E-state index is 13.7. The van der Waals surface area contributed by atoms with E-state index in [4.69, 9.17) is 0 Å². The minimum atomic E-state index is -0.790. The number of carbonyl (C=O) groups excluding carboxylic acids is 2. The summed E-state index contributed by atoms with van der Waals surface area (Å²) < 4.78 is 80.0. The van der Waals surface area contributed by atoms with Crippen LogP contribution in [-0.4, -0.2) is 17.4 Å². The average molecular weight is 639 g/mol. The average Bonchev–Trinajstić information content (AvgIpc) is 3.03. The van der Waals surface area contributed by atoms with Gasteiger partial charge in [-0.25, -0.2) is 26.3 Å². The number of hydrogen-bond acceptors (Lipinski definition) is 3. The van der Waals surface area contributed by atoms with E-state index in [9.17, 15) is 35.9 Å². The lowest BCUT2D eigenvalue weighted by molar-refractivity contribution is -0.120. The van der Waals surface area contributed by atoms with Gasteiger partial charge >= 0.3 is 0 Å². The summed E-state index contributed by atoms with van der Waals surface area (Å²) in [5.74, 6) is -4.76. The number of rotatable bonds is 6. The summed E-state index contributed by atoms with van der Waals surface area (Å²) in [6.07, 6.45) is 1.48. The first-order valence-electron chi connectivity index (χ1n) is 14.5. The van der Waals surface area contributed by atoms with Crippen molar-refractivity contribution in [1.82, 2.24) is 5.32 Å². The van der Waals surface area contributed by atoms with Gasteiger partial charge in [0.05, 0.1) is 33.8 Å². The Morgan fingerprint density at radius 3 is 1.61 bits per heavy atom. The van der Waals surface area contributed by atoms with E-state index in [1.165, 1.54) is 42.5 Å². The molecule has 1 heterocycles. The number of Topliss-reactive ketones (excluding diaryl/α,β-unsaturated/α-hetero) is 1. The number of ketones is 1. The van der Waals surface area contributed by atoms with Gasteiger partial charge in [-0.1, -0.05) is 50.2 Å². The van der Waals surface area contributed by atoms with E-state index in [1.807, 2.05) is 25.1 Å². The highest BCUT2D eigenvalue weighted by molar-refractivity contribution is 6.02. The summed E-state index contributed by atoms with van der Waals surface area (Å²) in [6, 6.07) is 20.0. The van der Waals surface area contributed by atoms with Gasteiger partial charge in [-0.05, 0) is 73.9 Å². The summed E-state index contributed by atoms with van der Waals surface area (Å²) in [4.78, 5) is 26.5. The first-order chi connectivity index (χ1) is 22.0. The molecule has 240 valence electrons. The van der Waals surface area contributed by atoms with Crippen LogP contribution in [0, 0.1) is 34.9 Å². The molecule has 4 aromatic rings. The Morgan fingerprint density at radius 1 is 0.652 bits per heavy atom. The molecule has 0 bridgehead atoms. The molecular weight excluding hydrogens is 606 g/mol. The molecule has 4 nitrogen and oxygen atoms in total. The number of hydrogen-bond donors (Lipinski definition) is 1. The molecule has 0 aromatic heterocycles.